The van der Waals surface area contributed by atoms with E-state index >= 15 is 0 Å². The zero-order valence-corrected chi connectivity index (χ0v) is 12.4. The minimum absolute atomic E-state index is 0.220. The fraction of sp³-hybridized carbons (Fsp3) is 1.00. The Morgan fingerprint density at radius 2 is 1.94 bits per heavy atom. The van der Waals surface area contributed by atoms with Crippen LogP contribution in [0.4, 0.5) is 0 Å². The van der Waals surface area contributed by atoms with Gasteiger partial charge in [0.15, 0.2) is 0 Å². The van der Waals surface area contributed by atoms with E-state index in [1.54, 1.807) is 0 Å². The maximum absolute atomic E-state index is 11.9. The second-order valence-corrected chi connectivity index (χ2v) is 7.48. The van der Waals surface area contributed by atoms with Gasteiger partial charge in [0.25, 0.3) is 0 Å². The van der Waals surface area contributed by atoms with Gasteiger partial charge in [-0.2, -0.15) is 0 Å². The highest BCUT2D eigenvalue weighted by Gasteiger charge is 2.36. The second-order valence-electron chi connectivity index (χ2n) is 5.37. The fourth-order valence-corrected chi connectivity index (χ4v) is 4.41. The Balaban J connectivity index is 2.62. The molecule has 1 fully saturated rings. The minimum Gasteiger partial charge on any atom is -0.212 e. The van der Waals surface area contributed by atoms with Crippen LogP contribution in [0.2, 0.25) is 0 Å². The highest BCUT2D eigenvalue weighted by molar-refractivity contribution is 7.89. The Hall–Kier alpha value is 0.200. The summed E-state index contributed by atoms with van der Waals surface area (Å²) in [6.07, 6.45) is 5.45. The van der Waals surface area contributed by atoms with Gasteiger partial charge in [-0.3, -0.25) is 0 Å². The highest BCUT2D eigenvalue weighted by Crippen LogP contribution is 2.33. The van der Waals surface area contributed by atoms with Crippen molar-refractivity contribution in [1.29, 1.82) is 0 Å². The largest absolute Gasteiger partial charge is 0.212 e. The lowest BCUT2D eigenvalue weighted by molar-refractivity contribution is 0.247. The number of hydrogen-bond donors (Lipinski definition) is 1. The number of hydrogen-bond acceptors (Lipinski definition) is 2. The van der Waals surface area contributed by atoms with Gasteiger partial charge in [0, 0.05) is 11.4 Å². The van der Waals surface area contributed by atoms with Gasteiger partial charge in [-0.15, -0.1) is 11.6 Å². The van der Waals surface area contributed by atoms with Crippen LogP contribution < -0.4 is 4.72 Å². The van der Waals surface area contributed by atoms with Crippen molar-refractivity contribution >= 4 is 21.6 Å². The van der Waals surface area contributed by atoms with Gasteiger partial charge >= 0.3 is 0 Å². The molecule has 0 unspecified atom stereocenters. The van der Waals surface area contributed by atoms with E-state index in [4.69, 9.17) is 11.6 Å². The molecule has 0 atom stereocenters. The van der Waals surface area contributed by atoms with Crippen LogP contribution in [-0.2, 0) is 10.0 Å². The van der Waals surface area contributed by atoms with E-state index in [0.717, 1.165) is 32.1 Å². The minimum atomic E-state index is -3.17. The molecule has 0 aromatic rings. The summed E-state index contributed by atoms with van der Waals surface area (Å²) in [5.41, 5.74) is -0.388. The molecule has 17 heavy (non-hydrogen) atoms. The average Bonchev–Trinajstić information content (AvgIpc) is 2.30. The first-order valence-electron chi connectivity index (χ1n) is 6.51. The summed E-state index contributed by atoms with van der Waals surface area (Å²) >= 11 is 6.00. The van der Waals surface area contributed by atoms with Crippen LogP contribution in [0.1, 0.15) is 52.4 Å². The topological polar surface area (TPSA) is 46.2 Å². The lowest BCUT2D eigenvalue weighted by atomic mass is 9.79. The Morgan fingerprint density at radius 1 is 1.35 bits per heavy atom. The first-order chi connectivity index (χ1) is 7.93. The van der Waals surface area contributed by atoms with Crippen molar-refractivity contribution < 1.29 is 8.42 Å². The molecule has 1 aliphatic rings. The highest BCUT2D eigenvalue weighted by atomic mass is 35.5. The SMILES string of the molecule is CCCCS(=O)(=O)NC1(CCl)CCC(C)CC1. The van der Waals surface area contributed by atoms with Crippen molar-refractivity contribution in [1.82, 2.24) is 4.72 Å². The van der Waals surface area contributed by atoms with E-state index in [-0.39, 0.29) is 11.3 Å². The second kappa shape index (κ2) is 6.39. The standard InChI is InChI=1S/C12H24ClNO2S/c1-3-4-9-17(15,16)14-12(10-13)7-5-11(2)6-8-12/h11,14H,3-10H2,1-2H3. The van der Waals surface area contributed by atoms with Crippen LogP contribution in [0.3, 0.4) is 0 Å². The Labute approximate surface area is 110 Å². The van der Waals surface area contributed by atoms with Crippen molar-refractivity contribution in [2.45, 2.75) is 57.9 Å². The van der Waals surface area contributed by atoms with Crippen LogP contribution >= 0.6 is 11.6 Å². The van der Waals surface area contributed by atoms with Crippen molar-refractivity contribution in [3.8, 4) is 0 Å². The van der Waals surface area contributed by atoms with Gasteiger partial charge in [0.2, 0.25) is 10.0 Å². The van der Waals surface area contributed by atoms with E-state index in [1.165, 1.54) is 0 Å². The third-order valence-corrected chi connectivity index (χ3v) is 5.71. The van der Waals surface area contributed by atoms with Crippen molar-refractivity contribution in [3.63, 3.8) is 0 Å². The molecule has 0 radical (unpaired) electrons. The third-order valence-electron chi connectivity index (χ3n) is 3.63. The summed E-state index contributed by atoms with van der Waals surface area (Å²) in [5, 5.41) is 0. The van der Waals surface area contributed by atoms with Crippen molar-refractivity contribution in [2.24, 2.45) is 5.92 Å². The summed E-state index contributed by atoms with van der Waals surface area (Å²) in [6, 6.07) is 0. The van der Waals surface area contributed by atoms with Gasteiger partial charge in [-0.05, 0) is 38.0 Å². The molecule has 5 heteroatoms. The molecule has 0 aromatic heterocycles. The van der Waals surface area contributed by atoms with E-state index in [0.29, 0.717) is 18.2 Å². The quantitative estimate of drug-likeness (QED) is 0.761. The maximum atomic E-state index is 11.9. The number of rotatable bonds is 6. The zero-order valence-electron chi connectivity index (χ0n) is 10.8. The molecule has 0 heterocycles. The van der Waals surface area contributed by atoms with Crippen molar-refractivity contribution in [3.05, 3.63) is 0 Å². The Bertz CT molecular complexity index is 321. The molecular weight excluding hydrogens is 258 g/mol. The van der Waals surface area contributed by atoms with E-state index in [9.17, 15) is 8.42 Å². The summed E-state index contributed by atoms with van der Waals surface area (Å²) in [4.78, 5) is 0. The van der Waals surface area contributed by atoms with Gasteiger partial charge < -0.3 is 0 Å². The first-order valence-corrected chi connectivity index (χ1v) is 8.69. The molecule has 1 saturated carbocycles. The fourth-order valence-electron chi connectivity index (χ4n) is 2.29. The number of halogens is 1. The molecule has 1 N–H and O–H groups in total. The number of alkyl halides is 1. The molecule has 0 spiro atoms. The maximum Gasteiger partial charge on any atom is 0.212 e. The lowest BCUT2D eigenvalue weighted by Crippen LogP contribution is -2.52. The number of sulfonamides is 1. The van der Waals surface area contributed by atoms with Gasteiger partial charge in [-0.1, -0.05) is 20.3 Å². The Kier molecular flexibility index (Phi) is 5.74. The van der Waals surface area contributed by atoms with Crippen LogP contribution in [0.5, 0.6) is 0 Å². The zero-order chi connectivity index (χ0) is 12.9. The van der Waals surface area contributed by atoms with Crippen LogP contribution in [0, 0.1) is 5.92 Å². The molecule has 0 aliphatic heterocycles. The third kappa shape index (κ3) is 4.76. The van der Waals surface area contributed by atoms with Crippen LogP contribution in [0.15, 0.2) is 0 Å². The number of unbranched alkanes of at least 4 members (excludes halogenated alkanes) is 1. The lowest BCUT2D eigenvalue weighted by Gasteiger charge is -2.38. The summed E-state index contributed by atoms with van der Waals surface area (Å²) < 4.78 is 26.7. The van der Waals surface area contributed by atoms with Gasteiger partial charge in [-0.25, -0.2) is 13.1 Å². The molecule has 0 saturated heterocycles. The summed E-state index contributed by atoms with van der Waals surface area (Å²) in [5.74, 6) is 1.29. The molecule has 1 rings (SSSR count). The van der Waals surface area contributed by atoms with E-state index in [1.807, 2.05) is 6.92 Å². The van der Waals surface area contributed by atoms with Crippen LogP contribution in [0.25, 0.3) is 0 Å². The first kappa shape index (κ1) is 15.3. The molecule has 0 bridgehead atoms. The Morgan fingerprint density at radius 3 is 2.41 bits per heavy atom. The predicted molar refractivity (Wildman–Crippen MR) is 72.9 cm³/mol. The molecule has 3 nitrogen and oxygen atoms in total. The summed E-state index contributed by atoms with van der Waals surface area (Å²) in [6.45, 7) is 4.21. The monoisotopic (exact) mass is 281 g/mol. The molecule has 0 aromatic carbocycles. The molecule has 0 amide bonds. The van der Waals surface area contributed by atoms with E-state index in [2.05, 4.69) is 11.6 Å². The van der Waals surface area contributed by atoms with Gasteiger partial charge in [0.1, 0.15) is 0 Å². The summed E-state index contributed by atoms with van der Waals surface area (Å²) in [7, 11) is -3.17. The molecular formula is C12H24ClNO2S. The van der Waals surface area contributed by atoms with Crippen molar-refractivity contribution in [2.75, 3.05) is 11.6 Å². The predicted octanol–water partition coefficient (Wildman–Crippen LogP) is 2.89. The average molecular weight is 282 g/mol. The molecule has 102 valence electrons. The molecule has 1 aliphatic carbocycles. The van der Waals surface area contributed by atoms with E-state index < -0.39 is 10.0 Å². The normalized spacial score (nSPS) is 30.4. The smallest absolute Gasteiger partial charge is 0.212 e. The number of nitrogens with one attached hydrogen (secondary N) is 1. The van der Waals surface area contributed by atoms with Gasteiger partial charge in [0.05, 0.1) is 5.75 Å². The van der Waals surface area contributed by atoms with Crippen LogP contribution in [-0.4, -0.2) is 25.6 Å².